The molecule has 0 radical (unpaired) electrons. The van der Waals surface area contributed by atoms with E-state index in [2.05, 4.69) is 13.0 Å². The Labute approximate surface area is 85.6 Å². The van der Waals surface area contributed by atoms with E-state index in [4.69, 9.17) is 5.11 Å². The molecule has 3 atom stereocenters. The summed E-state index contributed by atoms with van der Waals surface area (Å²) < 4.78 is 0. The molecule has 0 aliphatic heterocycles. The highest BCUT2D eigenvalue weighted by Crippen LogP contribution is 2.53. The minimum atomic E-state index is -0.344. The Hall–Kier alpha value is -0.340. The van der Waals surface area contributed by atoms with Gasteiger partial charge in [-0.1, -0.05) is 25.5 Å². The Kier molecular flexibility index (Phi) is 2.44. The second-order valence-electron chi connectivity index (χ2n) is 5.32. The van der Waals surface area contributed by atoms with Crippen LogP contribution in [0.25, 0.3) is 0 Å². The summed E-state index contributed by atoms with van der Waals surface area (Å²) in [6, 6.07) is 0. The molecule has 0 aromatic rings. The van der Waals surface area contributed by atoms with Crippen LogP contribution in [0.3, 0.4) is 0 Å². The van der Waals surface area contributed by atoms with E-state index in [9.17, 15) is 5.11 Å². The van der Waals surface area contributed by atoms with Gasteiger partial charge in [-0.15, -0.1) is 0 Å². The Morgan fingerprint density at radius 2 is 2.21 bits per heavy atom. The van der Waals surface area contributed by atoms with Gasteiger partial charge in [0, 0.05) is 12.0 Å². The molecule has 2 aliphatic carbocycles. The third-order valence-corrected chi connectivity index (χ3v) is 4.10. The summed E-state index contributed by atoms with van der Waals surface area (Å²) in [6.45, 7) is 2.46. The lowest BCUT2D eigenvalue weighted by atomic mass is 9.56. The summed E-state index contributed by atoms with van der Waals surface area (Å²) in [5.41, 5.74) is 0.239. The highest BCUT2D eigenvalue weighted by Gasteiger charge is 2.47. The van der Waals surface area contributed by atoms with E-state index in [1.54, 1.807) is 0 Å². The van der Waals surface area contributed by atoms with E-state index >= 15 is 0 Å². The van der Waals surface area contributed by atoms with Crippen LogP contribution in [0.4, 0.5) is 0 Å². The molecule has 3 unspecified atom stereocenters. The van der Waals surface area contributed by atoms with Crippen molar-refractivity contribution >= 4 is 0 Å². The van der Waals surface area contributed by atoms with Crippen LogP contribution in [0.2, 0.25) is 0 Å². The fourth-order valence-electron chi connectivity index (χ4n) is 3.33. The first kappa shape index (κ1) is 10.2. The van der Waals surface area contributed by atoms with Crippen molar-refractivity contribution in [2.45, 2.75) is 45.1 Å². The zero-order valence-electron chi connectivity index (χ0n) is 8.87. The van der Waals surface area contributed by atoms with Crippen LogP contribution in [0, 0.1) is 10.8 Å². The van der Waals surface area contributed by atoms with E-state index in [1.807, 2.05) is 6.08 Å². The third kappa shape index (κ3) is 1.51. The number of aliphatic hydroxyl groups excluding tert-OH is 2. The Morgan fingerprint density at radius 3 is 2.93 bits per heavy atom. The van der Waals surface area contributed by atoms with Crippen molar-refractivity contribution in [2.75, 3.05) is 6.61 Å². The maximum atomic E-state index is 10.0. The minimum absolute atomic E-state index is 0.0312. The lowest BCUT2D eigenvalue weighted by Gasteiger charge is -2.50. The quantitative estimate of drug-likeness (QED) is 0.662. The van der Waals surface area contributed by atoms with Gasteiger partial charge in [0.05, 0.1) is 6.10 Å². The topological polar surface area (TPSA) is 40.5 Å². The predicted molar refractivity (Wildman–Crippen MR) is 55.9 cm³/mol. The molecule has 2 heteroatoms. The predicted octanol–water partition coefficient (Wildman–Crippen LogP) is 1.87. The van der Waals surface area contributed by atoms with Crippen molar-refractivity contribution in [1.82, 2.24) is 0 Å². The molecule has 2 rings (SSSR count). The molecule has 0 amide bonds. The molecule has 1 fully saturated rings. The molecule has 2 N–H and O–H groups in total. The number of aliphatic hydroxyl groups is 2. The van der Waals surface area contributed by atoms with Crippen LogP contribution in [0.5, 0.6) is 0 Å². The fourth-order valence-corrected chi connectivity index (χ4v) is 3.33. The van der Waals surface area contributed by atoms with E-state index in [0.717, 1.165) is 19.3 Å². The van der Waals surface area contributed by atoms with E-state index in [-0.39, 0.29) is 23.5 Å². The molecule has 1 saturated carbocycles. The molecular formula is C12H20O2. The number of allylic oxidation sites excluding steroid dienone is 1. The molecule has 2 aliphatic rings. The van der Waals surface area contributed by atoms with Crippen LogP contribution in [-0.4, -0.2) is 22.9 Å². The number of fused-ring (bicyclic) bond motifs is 2. The summed E-state index contributed by atoms with van der Waals surface area (Å²) in [7, 11) is 0. The molecule has 0 aromatic carbocycles. The van der Waals surface area contributed by atoms with Gasteiger partial charge in [-0.05, 0) is 31.1 Å². The summed E-state index contributed by atoms with van der Waals surface area (Å²) >= 11 is 0. The first-order chi connectivity index (χ1) is 6.60. The van der Waals surface area contributed by atoms with E-state index in [0.29, 0.717) is 0 Å². The molecule has 80 valence electrons. The normalized spacial score (nSPS) is 46.6. The summed E-state index contributed by atoms with van der Waals surface area (Å²) in [6.07, 6.45) is 9.02. The van der Waals surface area contributed by atoms with Crippen LogP contribution in [-0.2, 0) is 0 Å². The molecule has 0 aromatic heterocycles. The minimum Gasteiger partial charge on any atom is -0.396 e. The maximum Gasteiger partial charge on any atom is 0.0778 e. The van der Waals surface area contributed by atoms with Crippen LogP contribution in [0.1, 0.15) is 39.0 Å². The number of hydrogen-bond acceptors (Lipinski definition) is 2. The van der Waals surface area contributed by atoms with Crippen LogP contribution in [0.15, 0.2) is 12.2 Å². The summed E-state index contributed by atoms with van der Waals surface area (Å²) in [5.74, 6) is 0. The van der Waals surface area contributed by atoms with Crippen molar-refractivity contribution in [3.05, 3.63) is 12.2 Å². The smallest absolute Gasteiger partial charge is 0.0778 e. The SMILES string of the molecule is CC12C=CC(O)C(CCO)(CCC1)C2. The van der Waals surface area contributed by atoms with Crippen molar-refractivity contribution in [3.63, 3.8) is 0 Å². The Morgan fingerprint density at radius 1 is 1.43 bits per heavy atom. The molecule has 14 heavy (non-hydrogen) atoms. The fraction of sp³-hybridized carbons (Fsp3) is 0.833. The van der Waals surface area contributed by atoms with Gasteiger partial charge in [-0.3, -0.25) is 0 Å². The van der Waals surface area contributed by atoms with Crippen molar-refractivity contribution in [2.24, 2.45) is 10.8 Å². The van der Waals surface area contributed by atoms with Crippen LogP contribution < -0.4 is 0 Å². The van der Waals surface area contributed by atoms with Gasteiger partial charge in [0.15, 0.2) is 0 Å². The number of rotatable bonds is 2. The molecule has 0 heterocycles. The average molecular weight is 196 g/mol. The molecule has 2 bridgehead atoms. The zero-order valence-corrected chi connectivity index (χ0v) is 8.87. The highest BCUT2D eigenvalue weighted by molar-refractivity contribution is 5.15. The third-order valence-electron chi connectivity index (χ3n) is 4.10. The van der Waals surface area contributed by atoms with Gasteiger partial charge >= 0.3 is 0 Å². The van der Waals surface area contributed by atoms with Crippen molar-refractivity contribution < 1.29 is 10.2 Å². The van der Waals surface area contributed by atoms with Gasteiger partial charge in [0.2, 0.25) is 0 Å². The zero-order chi connectivity index (χ0) is 10.2. The first-order valence-corrected chi connectivity index (χ1v) is 5.59. The van der Waals surface area contributed by atoms with Crippen molar-refractivity contribution in [1.29, 1.82) is 0 Å². The first-order valence-electron chi connectivity index (χ1n) is 5.59. The van der Waals surface area contributed by atoms with Gasteiger partial charge < -0.3 is 10.2 Å². The van der Waals surface area contributed by atoms with Gasteiger partial charge in [-0.25, -0.2) is 0 Å². The van der Waals surface area contributed by atoms with E-state index < -0.39 is 0 Å². The van der Waals surface area contributed by atoms with Crippen LogP contribution >= 0.6 is 0 Å². The van der Waals surface area contributed by atoms with Crippen molar-refractivity contribution in [3.8, 4) is 0 Å². The largest absolute Gasteiger partial charge is 0.396 e. The Bertz CT molecular complexity index is 245. The summed E-state index contributed by atoms with van der Waals surface area (Å²) in [4.78, 5) is 0. The van der Waals surface area contributed by atoms with Gasteiger partial charge in [0.25, 0.3) is 0 Å². The maximum absolute atomic E-state index is 10.0. The Balaban J connectivity index is 2.27. The molecule has 0 saturated heterocycles. The highest BCUT2D eigenvalue weighted by atomic mass is 16.3. The number of hydrogen-bond donors (Lipinski definition) is 2. The lowest BCUT2D eigenvalue weighted by Crippen LogP contribution is -2.45. The molecule has 2 nitrogen and oxygen atoms in total. The van der Waals surface area contributed by atoms with E-state index in [1.165, 1.54) is 12.8 Å². The summed E-state index contributed by atoms with van der Waals surface area (Å²) in [5, 5.41) is 19.1. The second kappa shape index (κ2) is 3.35. The lowest BCUT2D eigenvalue weighted by molar-refractivity contribution is -0.0343. The molecule has 0 spiro atoms. The standard InChI is InChI=1S/C12H20O2/c1-11-4-2-5-12(9-11,7-8-13)10(14)3-6-11/h3,6,10,13-14H,2,4-5,7-9H2,1H3. The van der Waals surface area contributed by atoms with Gasteiger partial charge in [-0.2, -0.15) is 0 Å². The monoisotopic (exact) mass is 196 g/mol. The molecular weight excluding hydrogens is 176 g/mol. The average Bonchev–Trinajstić information content (AvgIpc) is 2.13. The second-order valence-corrected chi connectivity index (χ2v) is 5.32. The van der Waals surface area contributed by atoms with Gasteiger partial charge in [0.1, 0.15) is 0 Å².